The number of hydrogen-bond donors (Lipinski definition) is 1. The fraction of sp³-hybridized carbons (Fsp3) is 0.400. The molecule has 0 aliphatic heterocycles. The number of halogens is 2. The molecular formula is C10H13ClINO2S. The van der Waals surface area contributed by atoms with E-state index in [1.165, 1.54) is 6.07 Å². The van der Waals surface area contributed by atoms with E-state index in [-0.39, 0.29) is 9.92 Å². The van der Waals surface area contributed by atoms with Crippen molar-refractivity contribution in [2.75, 3.05) is 11.0 Å². The number of nitrogens with one attached hydrogen (secondary N) is 1. The minimum Gasteiger partial charge on any atom is -0.211 e. The third-order valence-electron chi connectivity index (χ3n) is 1.98. The molecule has 0 unspecified atom stereocenters. The van der Waals surface area contributed by atoms with E-state index in [1.807, 2.05) is 0 Å². The van der Waals surface area contributed by atoms with Crippen LogP contribution in [-0.2, 0) is 10.0 Å². The van der Waals surface area contributed by atoms with Gasteiger partial charge in [-0.2, -0.15) is 0 Å². The maximum atomic E-state index is 11.8. The Labute approximate surface area is 115 Å². The predicted octanol–water partition coefficient (Wildman–Crippen LogP) is 2.83. The summed E-state index contributed by atoms with van der Waals surface area (Å²) < 4.78 is 27.2. The Bertz CT molecular complexity index is 436. The largest absolute Gasteiger partial charge is 0.242 e. The standard InChI is InChI=1S/C10H13ClINO2S/c11-9-5-1-2-6-10(9)16(14,15)13-8-4-3-7-12/h1-2,5-6,13H,3-4,7-8H2. The monoisotopic (exact) mass is 373 g/mol. The summed E-state index contributed by atoms with van der Waals surface area (Å²) in [6, 6.07) is 6.44. The van der Waals surface area contributed by atoms with E-state index < -0.39 is 10.0 Å². The van der Waals surface area contributed by atoms with Gasteiger partial charge in [0.25, 0.3) is 0 Å². The Morgan fingerprint density at radius 3 is 2.56 bits per heavy atom. The summed E-state index contributed by atoms with van der Waals surface area (Å²) in [6.07, 6.45) is 1.85. The van der Waals surface area contributed by atoms with Gasteiger partial charge in [0.05, 0.1) is 5.02 Å². The number of rotatable bonds is 6. The van der Waals surface area contributed by atoms with Crippen molar-refractivity contribution in [2.24, 2.45) is 0 Å². The summed E-state index contributed by atoms with van der Waals surface area (Å²) in [6.45, 7) is 0.455. The first-order chi connectivity index (χ1) is 7.58. The average molecular weight is 374 g/mol. The van der Waals surface area contributed by atoms with Crippen molar-refractivity contribution in [3.05, 3.63) is 29.3 Å². The Morgan fingerprint density at radius 1 is 1.25 bits per heavy atom. The van der Waals surface area contributed by atoms with Gasteiger partial charge in [-0.25, -0.2) is 13.1 Å². The van der Waals surface area contributed by atoms with Gasteiger partial charge in [0.15, 0.2) is 0 Å². The van der Waals surface area contributed by atoms with E-state index in [0.717, 1.165) is 17.3 Å². The van der Waals surface area contributed by atoms with Crippen LogP contribution in [0.15, 0.2) is 29.2 Å². The molecule has 0 aromatic heterocycles. The van der Waals surface area contributed by atoms with Gasteiger partial charge in [0, 0.05) is 6.54 Å². The summed E-state index contributed by atoms with van der Waals surface area (Å²) in [4.78, 5) is 0.145. The Kier molecular flexibility index (Phi) is 6.02. The van der Waals surface area contributed by atoms with Crippen molar-refractivity contribution >= 4 is 44.2 Å². The van der Waals surface area contributed by atoms with Gasteiger partial charge in [0.1, 0.15) is 4.90 Å². The number of hydrogen-bond acceptors (Lipinski definition) is 2. The highest BCUT2D eigenvalue weighted by atomic mass is 127. The topological polar surface area (TPSA) is 46.2 Å². The zero-order valence-electron chi connectivity index (χ0n) is 8.62. The Morgan fingerprint density at radius 2 is 1.94 bits per heavy atom. The average Bonchev–Trinajstić information content (AvgIpc) is 2.25. The molecule has 1 rings (SSSR count). The van der Waals surface area contributed by atoms with Gasteiger partial charge in [-0.05, 0) is 29.4 Å². The quantitative estimate of drug-likeness (QED) is 0.473. The first-order valence-corrected chi connectivity index (χ1v) is 8.27. The molecule has 16 heavy (non-hydrogen) atoms. The second-order valence-electron chi connectivity index (χ2n) is 3.22. The van der Waals surface area contributed by atoms with E-state index in [1.54, 1.807) is 18.2 Å². The van der Waals surface area contributed by atoms with E-state index in [0.29, 0.717) is 6.54 Å². The van der Waals surface area contributed by atoms with Crippen LogP contribution in [0.2, 0.25) is 5.02 Å². The third-order valence-corrected chi connectivity index (χ3v) is 4.70. The first kappa shape index (κ1) is 14.2. The van der Waals surface area contributed by atoms with Crippen LogP contribution in [0.4, 0.5) is 0 Å². The molecule has 0 aliphatic carbocycles. The molecule has 0 radical (unpaired) electrons. The van der Waals surface area contributed by atoms with Gasteiger partial charge in [-0.3, -0.25) is 0 Å². The smallest absolute Gasteiger partial charge is 0.211 e. The van der Waals surface area contributed by atoms with Crippen LogP contribution in [0.3, 0.4) is 0 Å². The molecule has 0 amide bonds. The minimum atomic E-state index is -3.46. The van der Waals surface area contributed by atoms with Gasteiger partial charge in [-0.15, -0.1) is 0 Å². The van der Waals surface area contributed by atoms with Crippen LogP contribution in [-0.4, -0.2) is 19.4 Å². The van der Waals surface area contributed by atoms with Gasteiger partial charge < -0.3 is 0 Å². The van der Waals surface area contributed by atoms with Crippen molar-refractivity contribution in [3.8, 4) is 0 Å². The second kappa shape index (κ2) is 6.78. The molecule has 1 N–H and O–H groups in total. The Hall–Kier alpha value is 0.150. The van der Waals surface area contributed by atoms with Gasteiger partial charge in [-0.1, -0.05) is 46.3 Å². The molecule has 1 aromatic carbocycles. The lowest BCUT2D eigenvalue weighted by atomic mass is 10.3. The fourth-order valence-electron chi connectivity index (χ4n) is 1.17. The zero-order valence-corrected chi connectivity index (χ0v) is 12.3. The van der Waals surface area contributed by atoms with Crippen LogP contribution in [0.1, 0.15) is 12.8 Å². The molecule has 0 bridgehead atoms. The summed E-state index contributed by atoms with van der Waals surface area (Å²) in [7, 11) is -3.46. The van der Waals surface area contributed by atoms with Crippen molar-refractivity contribution in [1.82, 2.24) is 4.72 Å². The lowest BCUT2D eigenvalue weighted by Crippen LogP contribution is -2.25. The fourth-order valence-corrected chi connectivity index (χ4v) is 3.30. The number of benzene rings is 1. The van der Waals surface area contributed by atoms with Crippen molar-refractivity contribution in [2.45, 2.75) is 17.7 Å². The summed E-state index contributed by atoms with van der Waals surface area (Å²) >= 11 is 8.10. The highest BCUT2D eigenvalue weighted by Crippen LogP contribution is 2.19. The molecule has 3 nitrogen and oxygen atoms in total. The van der Waals surface area contributed by atoms with Crippen LogP contribution in [0, 0.1) is 0 Å². The number of alkyl halides is 1. The summed E-state index contributed by atoms with van der Waals surface area (Å²) in [5.74, 6) is 0. The molecular weight excluding hydrogens is 361 g/mol. The van der Waals surface area contributed by atoms with E-state index >= 15 is 0 Å². The Balaban J connectivity index is 2.68. The van der Waals surface area contributed by atoms with E-state index in [2.05, 4.69) is 27.3 Å². The summed E-state index contributed by atoms with van der Waals surface area (Å²) in [5, 5.41) is 0.254. The van der Waals surface area contributed by atoms with Gasteiger partial charge in [0.2, 0.25) is 10.0 Å². The van der Waals surface area contributed by atoms with Crippen molar-refractivity contribution < 1.29 is 8.42 Å². The van der Waals surface area contributed by atoms with Crippen LogP contribution >= 0.6 is 34.2 Å². The van der Waals surface area contributed by atoms with E-state index in [9.17, 15) is 8.42 Å². The van der Waals surface area contributed by atoms with Crippen molar-refractivity contribution in [3.63, 3.8) is 0 Å². The molecule has 0 saturated carbocycles. The van der Waals surface area contributed by atoms with Crippen LogP contribution in [0.5, 0.6) is 0 Å². The summed E-state index contributed by atoms with van der Waals surface area (Å²) in [5.41, 5.74) is 0. The van der Waals surface area contributed by atoms with Gasteiger partial charge >= 0.3 is 0 Å². The second-order valence-corrected chi connectivity index (χ2v) is 6.45. The zero-order chi connectivity index (χ0) is 12.0. The molecule has 6 heteroatoms. The molecule has 0 spiro atoms. The van der Waals surface area contributed by atoms with Crippen molar-refractivity contribution in [1.29, 1.82) is 0 Å². The molecule has 0 saturated heterocycles. The third kappa shape index (κ3) is 4.20. The van der Waals surface area contributed by atoms with Crippen LogP contribution < -0.4 is 4.72 Å². The predicted molar refractivity (Wildman–Crippen MR) is 74.8 cm³/mol. The maximum Gasteiger partial charge on any atom is 0.242 e. The highest BCUT2D eigenvalue weighted by molar-refractivity contribution is 14.1. The normalized spacial score (nSPS) is 11.6. The minimum absolute atomic E-state index is 0.145. The number of unbranched alkanes of at least 4 members (excludes halogenated alkanes) is 1. The molecule has 0 atom stereocenters. The molecule has 0 heterocycles. The number of sulfonamides is 1. The molecule has 0 fully saturated rings. The van der Waals surface area contributed by atoms with Crippen LogP contribution in [0.25, 0.3) is 0 Å². The SMILES string of the molecule is O=S(=O)(NCCCCI)c1ccccc1Cl. The lowest BCUT2D eigenvalue weighted by molar-refractivity contribution is 0.579. The maximum absolute atomic E-state index is 11.8. The first-order valence-electron chi connectivity index (χ1n) is 4.88. The molecule has 90 valence electrons. The molecule has 0 aliphatic rings. The lowest BCUT2D eigenvalue weighted by Gasteiger charge is -2.07. The van der Waals surface area contributed by atoms with E-state index in [4.69, 9.17) is 11.6 Å². The molecule has 1 aromatic rings. The highest BCUT2D eigenvalue weighted by Gasteiger charge is 2.15.